The minimum absolute atomic E-state index is 0.116. The Kier molecular flexibility index (Phi) is 6.15. The largest absolute Gasteiger partial charge is 0.453 e. The molecule has 11 heteroatoms. The zero-order valence-electron chi connectivity index (χ0n) is 18.2. The van der Waals surface area contributed by atoms with Gasteiger partial charge in [0.05, 0.1) is 0 Å². The first-order chi connectivity index (χ1) is 15.6. The van der Waals surface area contributed by atoms with Crippen LogP contribution in [-0.4, -0.2) is 30.5 Å². The van der Waals surface area contributed by atoms with Gasteiger partial charge in [-0.15, -0.1) is 16.4 Å². The maximum Gasteiger partial charge on any atom is 0.453 e. The average Bonchev–Trinajstić information content (AvgIpc) is 3.36. The summed E-state index contributed by atoms with van der Waals surface area (Å²) < 4.78 is 39.9. The van der Waals surface area contributed by atoms with E-state index in [1.165, 1.54) is 16.9 Å². The summed E-state index contributed by atoms with van der Waals surface area (Å²) in [6.45, 7) is 5.36. The van der Waals surface area contributed by atoms with E-state index in [2.05, 4.69) is 49.6 Å². The van der Waals surface area contributed by atoms with Crippen LogP contribution in [0.1, 0.15) is 45.2 Å². The van der Waals surface area contributed by atoms with Crippen LogP contribution in [0.5, 0.6) is 0 Å². The van der Waals surface area contributed by atoms with Crippen molar-refractivity contribution < 1.29 is 18.0 Å². The van der Waals surface area contributed by atoms with Gasteiger partial charge in [0.2, 0.25) is 5.91 Å². The third kappa shape index (κ3) is 5.19. The van der Waals surface area contributed by atoms with Crippen LogP contribution in [0.15, 0.2) is 30.5 Å². The fourth-order valence-electron chi connectivity index (χ4n) is 3.46. The molecule has 33 heavy (non-hydrogen) atoms. The van der Waals surface area contributed by atoms with Crippen LogP contribution in [0, 0.1) is 20.8 Å². The lowest BCUT2D eigenvalue weighted by atomic mass is 10.1. The van der Waals surface area contributed by atoms with E-state index in [4.69, 9.17) is 0 Å². The smallest absolute Gasteiger partial charge is 0.302 e. The number of anilines is 1. The molecule has 3 aromatic heterocycles. The summed E-state index contributed by atoms with van der Waals surface area (Å²) in [6, 6.07) is 8.24. The molecule has 3 heterocycles. The molecule has 1 aromatic carbocycles. The Bertz CT molecular complexity index is 1310. The fraction of sp³-hybridized carbons (Fsp3) is 0.318. The van der Waals surface area contributed by atoms with Gasteiger partial charge in [0.15, 0.2) is 5.13 Å². The molecule has 1 amide bonds. The van der Waals surface area contributed by atoms with Crippen molar-refractivity contribution in [2.45, 2.75) is 46.2 Å². The standard InChI is InChI=1S/C22H21F3N6OS/c1-12-4-6-15(7-5-12)10-16-11-26-21(33-16)28-18(32)9-8-17-13(2)27-20-29-19(22(23,24)25)30-31(20)14(17)3/h4-7,11H,8-10H2,1-3H3,(H,26,28,32). The lowest BCUT2D eigenvalue weighted by Crippen LogP contribution is -2.14. The van der Waals surface area contributed by atoms with Gasteiger partial charge < -0.3 is 5.32 Å². The lowest BCUT2D eigenvalue weighted by Gasteiger charge is -2.10. The Morgan fingerprint density at radius 1 is 1.12 bits per heavy atom. The number of benzene rings is 1. The molecule has 0 radical (unpaired) electrons. The zero-order valence-corrected chi connectivity index (χ0v) is 19.0. The number of aryl methyl sites for hydroxylation is 3. The van der Waals surface area contributed by atoms with Crippen molar-refractivity contribution in [1.82, 2.24) is 24.6 Å². The summed E-state index contributed by atoms with van der Waals surface area (Å²) in [6.07, 6.45) is -1.75. The minimum Gasteiger partial charge on any atom is -0.302 e. The van der Waals surface area contributed by atoms with Gasteiger partial charge in [-0.05, 0) is 38.3 Å². The second-order valence-corrected chi connectivity index (χ2v) is 8.86. The number of alkyl halides is 3. The predicted molar refractivity (Wildman–Crippen MR) is 118 cm³/mol. The van der Waals surface area contributed by atoms with Gasteiger partial charge in [0.25, 0.3) is 11.6 Å². The summed E-state index contributed by atoms with van der Waals surface area (Å²) in [5, 5.41) is 6.83. The quantitative estimate of drug-likeness (QED) is 0.438. The number of hydrogen-bond donors (Lipinski definition) is 1. The molecule has 4 rings (SSSR count). The number of carbonyl (C=O) groups is 1. The summed E-state index contributed by atoms with van der Waals surface area (Å²) in [5.74, 6) is -1.59. The first-order valence-electron chi connectivity index (χ1n) is 10.2. The predicted octanol–water partition coefficient (Wildman–Crippen LogP) is 4.69. The molecule has 4 aromatic rings. The molecule has 7 nitrogen and oxygen atoms in total. The van der Waals surface area contributed by atoms with Crippen molar-refractivity contribution in [2.75, 3.05) is 5.32 Å². The molecule has 0 bridgehead atoms. The third-order valence-electron chi connectivity index (χ3n) is 5.20. The van der Waals surface area contributed by atoms with Crippen molar-refractivity contribution in [1.29, 1.82) is 0 Å². The molecule has 0 unspecified atom stereocenters. The van der Waals surface area contributed by atoms with Crippen LogP contribution < -0.4 is 5.32 Å². The second-order valence-electron chi connectivity index (χ2n) is 7.75. The molecule has 172 valence electrons. The molecule has 0 saturated heterocycles. The first-order valence-corrected chi connectivity index (χ1v) is 11.0. The highest BCUT2D eigenvalue weighted by Gasteiger charge is 2.37. The SMILES string of the molecule is Cc1ccc(Cc2cnc(NC(=O)CCc3c(C)nc4nc(C(F)(F)F)nn4c3C)s2)cc1. The number of rotatable bonds is 6. The van der Waals surface area contributed by atoms with Gasteiger partial charge in [-0.25, -0.2) is 14.5 Å². The molecular formula is C22H21F3N6OS. The number of halogens is 3. The van der Waals surface area contributed by atoms with Crippen molar-refractivity contribution >= 4 is 28.2 Å². The Hall–Kier alpha value is -3.34. The van der Waals surface area contributed by atoms with Gasteiger partial charge in [-0.3, -0.25) is 4.79 Å². The fourth-order valence-corrected chi connectivity index (χ4v) is 4.33. The van der Waals surface area contributed by atoms with Crippen LogP contribution in [0.25, 0.3) is 5.78 Å². The number of carbonyl (C=O) groups excluding carboxylic acids is 1. The van der Waals surface area contributed by atoms with E-state index in [0.717, 1.165) is 21.4 Å². The number of fused-ring (bicyclic) bond motifs is 1. The van der Waals surface area contributed by atoms with Crippen molar-refractivity contribution in [3.63, 3.8) is 0 Å². The molecular weight excluding hydrogens is 453 g/mol. The highest BCUT2D eigenvalue weighted by atomic mass is 32.1. The molecule has 0 saturated carbocycles. The normalized spacial score (nSPS) is 11.8. The number of amides is 1. The highest BCUT2D eigenvalue weighted by Crippen LogP contribution is 2.27. The van der Waals surface area contributed by atoms with E-state index in [0.29, 0.717) is 28.5 Å². The maximum absolute atomic E-state index is 12.9. The number of nitrogens with one attached hydrogen (secondary N) is 1. The highest BCUT2D eigenvalue weighted by molar-refractivity contribution is 7.15. The molecule has 0 aliphatic carbocycles. The molecule has 0 fully saturated rings. The number of thiazole rings is 1. The van der Waals surface area contributed by atoms with Crippen molar-refractivity contribution in [2.24, 2.45) is 0 Å². The van der Waals surface area contributed by atoms with Gasteiger partial charge in [-0.1, -0.05) is 29.8 Å². The number of aromatic nitrogens is 5. The first kappa shape index (κ1) is 22.8. The Labute approximate surface area is 191 Å². The van der Waals surface area contributed by atoms with E-state index in [-0.39, 0.29) is 18.1 Å². The van der Waals surface area contributed by atoms with Gasteiger partial charge in [0.1, 0.15) is 0 Å². The van der Waals surface area contributed by atoms with Crippen LogP contribution >= 0.6 is 11.3 Å². The average molecular weight is 475 g/mol. The van der Waals surface area contributed by atoms with Gasteiger partial charge in [-0.2, -0.15) is 18.2 Å². The van der Waals surface area contributed by atoms with Gasteiger partial charge in [0, 0.05) is 35.3 Å². The van der Waals surface area contributed by atoms with E-state index in [1.54, 1.807) is 20.0 Å². The van der Waals surface area contributed by atoms with Gasteiger partial charge >= 0.3 is 6.18 Å². The summed E-state index contributed by atoms with van der Waals surface area (Å²) in [4.78, 5) is 25.4. The lowest BCUT2D eigenvalue weighted by molar-refractivity contribution is -0.144. The number of nitrogens with zero attached hydrogens (tertiary/aromatic N) is 5. The molecule has 0 aliphatic rings. The molecule has 0 spiro atoms. The summed E-state index contributed by atoms with van der Waals surface area (Å²) in [7, 11) is 0. The zero-order chi connectivity index (χ0) is 23.8. The van der Waals surface area contributed by atoms with E-state index >= 15 is 0 Å². The van der Waals surface area contributed by atoms with Crippen molar-refractivity contribution in [3.8, 4) is 0 Å². The molecule has 0 aliphatic heterocycles. The van der Waals surface area contributed by atoms with Crippen LogP contribution in [0.2, 0.25) is 0 Å². The van der Waals surface area contributed by atoms with Crippen LogP contribution in [-0.2, 0) is 23.8 Å². The Balaban J connectivity index is 1.41. The summed E-state index contributed by atoms with van der Waals surface area (Å²) in [5.41, 5.74) is 4.01. The maximum atomic E-state index is 12.9. The summed E-state index contributed by atoms with van der Waals surface area (Å²) >= 11 is 1.41. The van der Waals surface area contributed by atoms with E-state index in [1.807, 2.05) is 6.92 Å². The Morgan fingerprint density at radius 3 is 2.55 bits per heavy atom. The van der Waals surface area contributed by atoms with Crippen molar-refractivity contribution in [3.05, 3.63) is 69.2 Å². The monoisotopic (exact) mass is 474 g/mol. The second kappa shape index (κ2) is 8.89. The van der Waals surface area contributed by atoms with E-state index in [9.17, 15) is 18.0 Å². The number of hydrogen-bond acceptors (Lipinski definition) is 6. The minimum atomic E-state index is -4.65. The third-order valence-corrected chi connectivity index (χ3v) is 6.12. The molecule has 0 atom stereocenters. The Morgan fingerprint density at radius 2 is 1.85 bits per heavy atom. The van der Waals surface area contributed by atoms with Crippen LogP contribution in [0.3, 0.4) is 0 Å². The van der Waals surface area contributed by atoms with E-state index < -0.39 is 12.0 Å². The molecule has 1 N–H and O–H groups in total. The van der Waals surface area contributed by atoms with Crippen LogP contribution in [0.4, 0.5) is 18.3 Å². The topological polar surface area (TPSA) is 85.1 Å².